The van der Waals surface area contributed by atoms with Crippen LogP contribution in [0.4, 0.5) is 0 Å². The van der Waals surface area contributed by atoms with E-state index in [1.807, 2.05) is 0 Å². The van der Waals surface area contributed by atoms with E-state index in [0.717, 1.165) is 44.7 Å². The molecule has 1 aliphatic rings. The zero-order chi connectivity index (χ0) is 42.8. The molecule has 0 atom stereocenters. The summed E-state index contributed by atoms with van der Waals surface area (Å²) in [4.78, 5) is 10.9. The fourth-order valence-electron chi connectivity index (χ4n) is 10.1. The van der Waals surface area contributed by atoms with E-state index in [0.29, 0.717) is 5.95 Å². The average Bonchev–Trinajstić information content (AvgIpc) is 3.81. The summed E-state index contributed by atoms with van der Waals surface area (Å²) in [7, 11) is 0. The SMILES string of the molecule is CC1(C)c2ccccc2-c2cc3c4ccccc4n(-c4nc(-c5ccccc5)cc(-c5cccc(-c6cc(-c7ccccc7)c(-c7ccccc7)c(-c7ccccc7)c6)c5)n4)c3cc21. The first-order valence-corrected chi connectivity index (χ1v) is 22.1. The third-order valence-corrected chi connectivity index (χ3v) is 13.2. The summed E-state index contributed by atoms with van der Waals surface area (Å²) >= 11 is 0. The van der Waals surface area contributed by atoms with Gasteiger partial charge in [0.1, 0.15) is 0 Å². The summed E-state index contributed by atoms with van der Waals surface area (Å²) in [5, 5.41) is 2.38. The van der Waals surface area contributed by atoms with Gasteiger partial charge in [-0.15, -0.1) is 0 Å². The Morgan fingerprint density at radius 2 is 0.859 bits per heavy atom. The Balaban J connectivity index is 1.07. The van der Waals surface area contributed by atoms with Crippen molar-refractivity contribution in [2.45, 2.75) is 19.3 Å². The maximum Gasteiger partial charge on any atom is 0.235 e. The second-order valence-electron chi connectivity index (χ2n) is 17.4. The molecule has 0 amide bonds. The van der Waals surface area contributed by atoms with Crippen LogP contribution in [-0.4, -0.2) is 14.5 Å². The van der Waals surface area contributed by atoms with Crippen molar-refractivity contribution in [3.63, 3.8) is 0 Å². The summed E-state index contributed by atoms with van der Waals surface area (Å²) < 4.78 is 2.28. The van der Waals surface area contributed by atoms with Gasteiger partial charge in [-0.3, -0.25) is 4.57 Å². The highest BCUT2D eigenvalue weighted by atomic mass is 15.2. The number of benzene rings is 9. The predicted molar refractivity (Wildman–Crippen MR) is 267 cm³/mol. The minimum Gasteiger partial charge on any atom is -0.278 e. The zero-order valence-electron chi connectivity index (χ0n) is 35.7. The number of rotatable bonds is 7. The predicted octanol–water partition coefficient (Wildman–Crippen LogP) is 15.9. The highest BCUT2D eigenvalue weighted by Crippen LogP contribution is 2.51. The van der Waals surface area contributed by atoms with Gasteiger partial charge in [0.25, 0.3) is 0 Å². The van der Waals surface area contributed by atoms with E-state index in [2.05, 4.69) is 243 Å². The number of para-hydroxylation sites is 1. The standard InChI is InChI=1S/C61H43N3/c1-61(2)53-32-17-15-30-47(53)51-37-52-48-31-16-18-33-57(48)64(58(52)38-54(51)61)60-62-55(42-24-11-5-12-25-42)39-56(63-60)45-29-19-28-44(34-45)46-35-49(40-20-7-3-8-21-40)59(43-26-13-6-14-27-43)50(36-46)41-22-9-4-10-23-41/h3-39H,1-2H3. The summed E-state index contributed by atoms with van der Waals surface area (Å²) in [6.07, 6.45) is 0. The summed E-state index contributed by atoms with van der Waals surface area (Å²) in [5.41, 5.74) is 20.5. The Labute approximate surface area is 373 Å². The quantitative estimate of drug-likeness (QED) is 0.160. The molecular formula is C61H43N3. The molecule has 0 aliphatic heterocycles. The second-order valence-corrected chi connectivity index (χ2v) is 17.4. The number of aromatic nitrogens is 3. The number of nitrogens with zero attached hydrogens (tertiary/aromatic N) is 3. The van der Waals surface area contributed by atoms with E-state index in [4.69, 9.17) is 9.97 Å². The van der Waals surface area contributed by atoms with Crippen LogP contribution >= 0.6 is 0 Å². The van der Waals surface area contributed by atoms with Gasteiger partial charge in [-0.25, -0.2) is 9.97 Å². The first kappa shape index (κ1) is 37.6. The fourth-order valence-corrected chi connectivity index (χ4v) is 10.1. The number of hydrogen-bond donors (Lipinski definition) is 0. The van der Waals surface area contributed by atoms with Crippen LogP contribution in [0.25, 0.3) is 106 Å². The molecule has 0 saturated carbocycles. The molecule has 2 aromatic heterocycles. The third kappa shape index (κ3) is 6.20. The summed E-state index contributed by atoms with van der Waals surface area (Å²) in [5.74, 6) is 0.645. The van der Waals surface area contributed by atoms with Gasteiger partial charge in [0.2, 0.25) is 5.95 Å². The van der Waals surface area contributed by atoms with Crippen molar-refractivity contribution < 1.29 is 0 Å². The van der Waals surface area contributed by atoms with Crippen LogP contribution in [-0.2, 0) is 5.41 Å². The molecule has 64 heavy (non-hydrogen) atoms. The number of hydrogen-bond acceptors (Lipinski definition) is 2. The van der Waals surface area contributed by atoms with Gasteiger partial charge in [0, 0.05) is 27.3 Å². The normalized spacial score (nSPS) is 12.7. The van der Waals surface area contributed by atoms with Crippen molar-refractivity contribution in [2.75, 3.05) is 0 Å². The van der Waals surface area contributed by atoms with Gasteiger partial charge in [-0.05, 0) is 109 Å². The molecule has 11 aromatic rings. The molecule has 0 bridgehead atoms. The van der Waals surface area contributed by atoms with Crippen molar-refractivity contribution in [1.82, 2.24) is 14.5 Å². The third-order valence-electron chi connectivity index (χ3n) is 13.2. The van der Waals surface area contributed by atoms with Crippen LogP contribution < -0.4 is 0 Å². The van der Waals surface area contributed by atoms with Crippen LogP contribution in [0.1, 0.15) is 25.0 Å². The van der Waals surface area contributed by atoms with Crippen LogP contribution in [0.15, 0.2) is 224 Å². The zero-order valence-corrected chi connectivity index (χ0v) is 35.7. The minimum atomic E-state index is -0.153. The van der Waals surface area contributed by atoms with Crippen molar-refractivity contribution >= 4 is 21.8 Å². The molecule has 0 saturated heterocycles. The summed E-state index contributed by atoms with van der Waals surface area (Å²) in [6.45, 7) is 4.68. The molecular weight excluding hydrogens is 775 g/mol. The maximum atomic E-state index is 5.51. The van der Waals surface area contributed by atoms with Gasteiger partial charge in [0.05, 0.1) is 22.4 Å². The summed E-state index contributed by atoms with van der Waals surface area (Å²) in [6, 6.07) is 80.9. The molecule has 302 valence electrons. The van der Waals surface area contributed by atoms with Gasteiger partial charge in [-0.2, -0.15) is 0 Å². The van der Waals surface area contributed by atoms with Crippen LogP contribution in [0.5, 0.6) is 0 Å². The molecule has 0 radical (unpaired) electrons. The Bertz CT molecular complexity index is 3490. The van der Waals surface area contributed by atoms with Crippen molar-refractivity contribution in [3.05, 3.63) is 236 Å². The smallest absolute Gasteiger partial charge is 0.235 e. The lowest BCUT2D eigenvalue weighted by atomic mass is 9.82. The van der Waals surface area contributed by atoms with Crippen molar-refractivity contribution in [1.29, 1.82) is 0 Å². The van der Waals surface area contributed by atoms with Crippen molar-refractivity contribution in [3.8, 4) is 84.1 Å². The average molecular weight is 818 g/mol. The molecule has 2 heterocycles. The highest BCUT2D eigenvalue weighted by molar-refractivity contribution is 6.11. The van der Waals surface area contributed by atoms with Gasteiger partial charge < -0.3 is 0 Å². The van der Waals surface area contributed by atoms with E-state index < -0.39 is 0 Å². The molecule has 3 heteroatoms. The van der Waals surface area contributed by atoms with E-state index >= 15 is 0 Å². The Kier molecular flexibility index (Phi) is 8.84. The lowest BCUT2D eigenvalue weighted by molar-refractivity contribution is 0.661. The molecule has 0 spiro atoms. The molecule has 12 rings (SSSR count). The van der Waals surface area contributed by atoms with Crippen LogP contribution in [0.2, 0.25) is 0 Å². The lowest BCUT2D eigenvalue weighted by Crippen LogP contribution is -2.15. The van der Waals surface area contributed by atoms with E-state index in [1.165, 1.54) is 66.4 Å². The maximum absolute atomic E-state index is 5.51. The van der Waals surface area contributed by atoms with Gasteiger partial charge in [0.15, 0.2) is 0 Å². The Hall–Kier alpha value is -8.14. The van der Waals surface area contributed by atoms with Gasteiger partial charge >= 0.3 is 0 Å². The Morgan fingerprint density at radius 3 is 1.53 bits per heavy atom. The first-order chi connectivity index (χ1) is 31.5. The lowest BCUT2D eigenvalue weighted by Gasteiger charge is -2.21. The molecule has 3 nitrogen and oxygen atoms in total. The van der Waals surface area contributed by atoms with E-state index in [-0.39, 0.29) is 5.41 Å². The molecule has 0 unspecified atom stereocenters. The van der Waals surface area contributed by atoms with E-state index in [9.17, 15) is 0 Å². The molecule has 0 N–H and O–H groups in total. The first-order valence-electron chi connectivity index (χ1n) is 22.1. The molecule has 0 fully saturated rings. The monoisotopic (exact) mass is 817 g/mol. The molecule has 1 aliphatic carbocycles. The number of fused-ring (bicyclic) bond motifs is 6. The largest absolute Gasteiger partial charge is 0.278 e. The second kappa shape index (κ2) is 15.0. The topological polar surface area (TPSA) is 30.7 Å². The van der Waals surface area contributed by atoms with Gasteiger partial charge in [-0.1, -0.05) is 196 Å². The Morgan fingerprint density at radius 1 is 0.328 bits per heavy atom. The van der Waals surface area contributed by atoms with Crippen LogP contribution in [0, 0.1) is 0 Å². The van der Waals surface area contributed by atoms with Crippen LogP contribution in [0.3, 0.4) is 0 Å². The fraction of sp³-hybridized carbons (Fsp3) is 0.0492. The highest BCUT2D eigenvalue weighted by Gasteiger charge is 2.36. The molecule has 9 aromatic carbocycles. The minimum absolute atomic E-state index is 0.153. The van der Waals surface area contributed by atoms with Crippen molar-refractivity contribution in [2.24, 2.45) is 0 Å². The van der Waals surface area contributed by atoms with E-state index in [1.54, 1.807) is 0 Å².